The topological polar surface area (TPSA) is 0 Å². The molecule has 0 saturated heterocycles. The minimum Gasteiger partial charge on any atom is -0.207 e. The molecule has 4 atom stereocenters. The molecule has 0 aliphatic heterocycles. The minimum atomic E-state index is -0.131. The van der Waals surface area contributed by atoms with Crippen molar-refractivity contribution in [1.29, 1.82) is 0 Å². The number of halogens is 2. The molecule has 2 fully saturated rings. The molecule has 1 aromatic carbocycles. The van der Waals surface area contributed by atoms with E-state index in [9.17, 15) is 4.39 Å². The van der Waals surface area contributed by atoms with E-state index in [-0.39, 0.29) is 5.82 Å². The summed E-state index contributed by atoms with van der Waals surface area (Å²) >= 11 is 6.18. The largest absolute Gasteiger partial charge is 0.207 e. The number of benzene rings is 1. The van der Waals surface area contributed by atoms with Gasteiger partial charge in [0.2, 0.25) is 0 Å². The standard InChI is InChI=1S/C16H20ClF/c17-10-14(7-11-2-1-3-15(18)8-11)16-9-12-4-5-13(16)6-12/h1-3,8,12-14,16H,4-7,9-10H2. The van der Waals surface area contributed by atoms with Crippen LogP contribution in [0.2, 0.25) is 0 Å². The Bertz CT molecular complexity index is 417. The highest BCUT2D eigenvalue weighted by Crippen LogP contribution is 2.51. The van der Waals surface area contributed by atoms with Crippen molar-refractivity contribution in [1.82, 2.24) is 0 Å². The van der Waals surface area contributed by atoms with E-state index in [1.807, 2.05) is 6.07 Å². The Morgan fingerprint density at radius 1 is 1.28 bits per heavy atom. The zero-order chi connectivity index (χ0) is 12.5. The molecule has 2 aliphatic carbocycles. The number of hydrogen-bond donors (Lipinski definition) is 0. The Morgan fingerprint density at radius 3 is 2.78 bits per heavy atom. The van der Waals surface area contributed by atoms with Crippen LogP contribution in [0.5, 0.6) is 0 Å². The first-order chi connectivity index (χ1) is 8.76. The molecule has 4 unspecified atom stereocenters. The predicted molar refractivity (Wildman–Crippen MR) is 73.3 cm³/mol. The Balaban J connectivity index is 1.69. The predicted octanol–water partition coefficient (Wildman–Crippen LogP) is 4.66. The lowest BCUT2D eigenvalue weighted by molar-refractivity contribution is 0.243. The zero-order valence-corrected chi connectivity index (χ0v) is 11.4. The van der Waals surface area contributed by atoms with Crippen LogP contribution in [0.25, 0.3) is 0 Å². The fourth-order valence-electron chi connectivity index (χ4n) is 4.16. The van der Waals surface area contributed by atoms with Gasteiger partial charge in [0.25, 0.3) is 0 Å². The van der Waals surface area contributed by atoms with Gasteiger partial charge >= 0.3 is 0 Å². The third-order valence-corrected chi connectivity index (χ3v) is 5.38. The Hall–Kier alpha value is -0.560. The fourth-order valence-corrected chi connectivity index (χ4v) is 4.50. The van der Waals surface area contributed by atoms with Crippen LogP contribution in [0.3, 0.4) is 0 Å². The van der Waals surface area contributed by atoms with Gasteiger partial charge in [0, 0.05) is 5.88 Å². The maximum atomic E-state index is 13.2. The van der Waals surface area contributed by atoms with Crippen LogP contribution in [-0.4, -0.2) is 5.88 Å². The molecule has 98 valence electrons. The molecule has 0 N–H and O–H groups in total. The lowest BCUT2D eigenvalue weighted by atomic mass is 9.77. The van der Waals surface area contributed by atoms with Crippen molar-refractivity contribution >= 4 is 11.6 Å². The van der Waals surface area contributed by atoms with E-state index in [1.165, 1.54) is 31.7 Å². The molecule has 0 nitrogen and oxygen atoms in total. The van der Waals surface area contributed by atoms with E-state index in [1.54, 1.807) is 12.1 Å². The third-order valence-electron chi connectivity index (χ3n) is 4.98. The summed E-state index contributed by atoms with van der Waals surface area (Å²) in [5, 5.41) is 0. The summed E-state index contributed by atoms with van der Waals surface area (Å²) < 4.78 is 13.2. The third kappa shape index (κ3) is 2.42. The molecule has 0 aromatic heterocycles. The number of rotatable bonds is 4. The molecule has 2 heteroatoms. The maximum absolute atomic E-state index is 13.2. The highest BCUT2D eigenvalue weighted by Gasteiger charge is 2.42. The molecular formula is C16H20ClF. The van der Waals surface area contributed by atoms with E-state index in [4.69, 9.17) is 11.6 Å². The monoisotopic (exact) mass is 266 g/mol. The van der Waals surface area contributed by atoms with Crippen molar-refractivity contribution in [2.75, 3.05) is 5.88 Å². The van der Waals surface area contributed by atoms with Crippen molar-refractivity contribution in [2.45, 2.75) is 32.1 Å². The van der Waals surface area contributed by atoms with Gasteiger partial charge in [-0.2, -0.15) is 0 Å². The van der Waals surface area contributed by atoms with Gasteiger partial charge in [-0.05, 0) is 67.1 Å². The highest BCUT2D eigenvalue weighted by molar-refractivity contribution is 6.18. The number of fused-ring (bicyclic) bond motifs is 2. The quantitative estimate of drug-likeness (QED) is 0.696. The van der Waals surface area contributed by atoms with Crippen molar-refractivity contribution in [3.8, 4) is 0 Å². The SMILES string of the molecule is Fc1cccc(CC(CCl)C2CC3CCC2C3)c1. The van der Waals surface area contributed by atoms with Crippen LogP contribution in [0.4, 0.5) is 4.39 Å². The van der Waals surface area contributed by atoms with Gasteiger partial charge in [-0.25, -0.2) is 4.39 Å². The summed E-state index contributed by atoms with van der Waals surface area (Å²) in [5.74, 6) is 3.75. The molecule has 2 bridgehead atoms. The van der Waals surface area contributed by atoms with E-state index >= 15 is 0 Å². The van der Waals surface area contributed by atoms with Gasteiger partial charge in [-0.1, -0.05) is 18.6 Å². The Morgan fingerprint density at radius 2 is 2.17 bits per heavy atom. The minimum absolute atomic E-state index is 0.131. The van der Waals surface area contributed by atoms with Crippen molar-refractivity contribution in [3.05, 3.63) is 35.6 Å². The van der Waals surface area contributed by atoms with Crippen LogP contribution in [0, 0.1) is 29.5 Å². The van der Waals surface area contributed by atoms with Crippen molar-refractivity contribution in [2.24, 2.45) is 23.7 Å². The van der Waals surface area contributed by atoms with Gasteiger partial charge in [-0.15, -0.1) is 11.6 Å². The van der Waals surface area contributed by atoms with Crippen LogP contribution in [0.1, 0.15) is 31.2 Å². The van der Waals surface area contributed by atoms with Gasteiger partial charge in [-0.3, -0.25) is 0 Å². The first kappa shape index (κ1) is 12.5. The summed E-state index contributed by atoms with van der Waals surface area (Å²) in [7, 11) is 0. The van der Waals surface area contributed by atoms with Crippen molar-refractivity contribution < 1.29 is 4.39 Å². The Labute approximate surface area is 114 Å². The maximum Gasteiger partial charge on any atom is 0.123 e. The summed E-state index contributed by atoms with van der Waals surface area (Å²) in [5.41, 5.74) is 1.10. The second kappa shape index (κ2) is 5.21. The molecule has 1 aromatic rings. The second-order valence-electron chi connectivity index (χ2n) is 6.09. The fraction of sp³-hybridized carbons (Fsp3) is 0.625. The van der Waals surface area contributed by atoms with Gasteiger partial charge in [0.15, 0.2) is 0 Å². The van der Waals surface area contributed by atoms with E-state index in [2.05, 4.69) is 0 Å². The lowest BCUT2D eigenvalue weighted by Crippen LogP contribution is -2.24. The van der Waals surface area contributed by atoms with Crippen LogP contribution >= 0.6 is 11.6 Å². The summed E-state index contributed by atoms with van der Waals surface area (Å²) in [6.45, 7) is 0. The average molecular weight is 267 g/mol. The lowest BCUT2D eigenvalue weighted by Gasteiger charge is -2.29. The van der Waals surface area contributed by atoms with Crippen LogP contribution < -0.4 is 0 Å². The smallest absolute Gasteiger partial charge is 0.123 e. The molecule has 0 amide bonds. The van der Waals surface area contributed by atoms with Crippen LogP contribution in [0.15, 0.2) is 24.3 Å². The zero-order valence-electron chi connectivity index (χ0n) is 10.6. The van der Waals surface area contributed by atoms with Crippen molar-refractivity contribution in [3.63, 3.8) is 0 Å². The molecule has 0 spiro atoms. The van der Waals surface area contributed by atoms with Gasteiger partial charge in [0.05, 0.1) is 0 Å². The van der Waals surface area contributed by atoms with E-state index in [0.717, 1.165) is 29.7 Å². The first-order valence-electron chi connectivity index (χ1n) is 7.06. The van der Waals surface area contributed by atoms with Crippen LogP contribution in [-0.2, 0) is 6.42 Å². The van der Waals surface area contributed by atoms with E-state index < -0.39 is 0 Å². The summed E-state index contributed by atoms with van der Waals surface area (Å²) in [6, 6.07) is 7.00. The molecular weight excluding hydrogens is 247 g/mol. The Kier molecular flexibility index (Phi) is 3.61. The molecule has 18 heavy (non-hydrogen) atoms. The molecule has 0 radical (unpaired) electrons. The van der Waals surface area contributed by atoms with Gasteiger partial charge in [0.1, 0.15) is 5.82 Å². The molecule has 0 heterocycles. The first-order valence-corrected chi connectivity index (χ1v) is 7.60. The number of hydrogen-bond acceptors (Lipinski definition) is 0. The second-order valence-corrected chi connectivity index (χ2v) is 6.40. The van der Waals surface area contributed by atoms with E-state index in [0.29, 0.717) is 11.8 Å². The summed E-state index contributed by atoms with van der Waals surface area (Å²) in [4.78, 5) is 0. The molecule has 3 rings (SSSR count). The van der Waals surface area contributed by atoms with Gasteiger partial charge < -0.3 is 0 Å². The summed E-state index contributed by atoms with van der Waals surface area (Å²) in [6.07, 6.45) is 6.54. The molecule has 2 aliphatic rings. The highest BCUT2D eigenvalue weighted by atomic mass is 35.5. The average Bonchev–Trinajstić information content (AvgIpc) is 2.98. The molecule has 2 saturated carbocycles. The normalized spacial score (nSPS) is 31.8. The number of alkyl halides is 1.